The normalized spacial score (nSPS) is 15.6. The molecule has 1 aromatic rings. The SMILES string of the molecule is [K].c1nc2n(n1)CCNC2. The fourth-order valence-electron chi connectivity index (χ4n) is 0.997. The molecule has 1 aliphatic heterocycles. The molecule has 49 valence electrons. The van der Waals surface area contributed by atoms with Crippen molar-refractivity contribution < 1.29 is 0 Å². The van der Waals surface area contributed by atoms with Gasteiger partial charge in [-0.1, -0.05) is 0 Å². The molecule has 0 fully saturated rings. The molecule has 0 atom stereocenters. The van der Waals surface area contributed by atoms with Crippen LogP contribution < -0.4 is 5.32 Å². The van der Waals surface area contributed by atoms with Crippen LogP contribution in [0.2, 0.25) is 0 Å². The van der Waals surface area contributed by atoms with Crippen molar-refractivity contribution in [2.24, 2.45) is 0 Å². The molecule has 1 radical (unpaired) electrons. The summed E-state index contributed by atoms with van der Waals surface area (Å²) in [6, 6.07) is 0. The van der Waals surface area contributed by atoms with E-state index in [1.807, 2.05) is 4.68 Å². The van der Waals surface area contributed by atoms with Crippen LogP contribution in [0.1, 0.15) is 5.82 Å². The summed E-state index contributed by atoms with van der Waals surface area (Å²) in [6.07, 6.45) is 1.60. The van der Waals surface area contributed by atoms with Gasteiger partial charge in [-0.05, 0) is 0 Å². The van der Waals surface area contributed by atoms with Crippen LogP contribution in [0.15, 0.2) is 6.33 Å². The van der Waals surface area contributed by atoms with E-state index in [4.69, 9.17) is 0 Å². The van der Waals surface area contributed by atoms with Crippen LogP contribution in [-0.2, 0) is 13.1 Å². The topological polar surface area (TPSA) is 42.7 Å². The maximum Gasteiger partial charge on any atom is 0.140 e. The molecular weight excluding hydrogens is 155 g/mol. The van der Waals surface area contributed by atoms with E-state index in [1.165, 1.54) is 0 Å². The Labute approximate surface area is 102 Å². The van der Waals surface area contributed by atoms with Crippen molar-refractivity contribution in [1.29, 1.82) is 0 Å². The summed E-state index contributed by atoms with van der Waals surface area (Å²) in [4.78, 5) is 4.05. The molecule has 10 heavy (non-hydrogen) atoms. The van der Waals surface area contributed by atoms with E-state index >= 15 is 0 Å². The van der Waals surface area contributed by atoms with Crippen molar-refractivity contribution in [3.05, 3.63) is 12.2 Å². The van der Waals surface area contributed by atoms with E-state index in [2.05, 4.69) is 15.4 Å². The van der Waals surface area contributed by atoms with Gasteiger partial charge in [0.15, 0.2) is 0 Å². The molecule has 0 unspecified atom stereocenters. The molecule has 0 bridgehead atoms. The number of nitrogens with one attached hydrogen (secondary N) is 1. The standard InChI is InChI=1S/C5H8N4.K/c1-2-9-5(3-6-1)7-4-8-9;/h4,6H,1-3H2;. The summed E-state index contributed by atoms with van der Waals surface area (Å²) in [5.41, 5.74) is 0. The van der Waals surface area contributed by atoms with Crippen LogP contribution in [0.3, 0.4) is 0 Å². The fraction of sp³-hybridized carbons (Fsp3) is 0.600. The third-order valence-electron chi connectivity index (χ3n) is 1.48. The minimum absolute atomic E-state index is 0. The Kier molecular flexibility index (Phi) is 3.48. The predicted molar refractivity (Wildman–Crippen MR) is 37.5 cm³/mol. The molecule has 0 spiro atoms. The molecule has 0 saturated carbocycles. The summed E-state index contributed by atoms with van der Waals surface area (Å²) in [7, 11) is 0. The second-order valence-electron chi connectivity index (χ2n) is 2.08. The van der Waals surface area contributed by atoms with Crippen LogP contribution in [0, 0.1) is 0 Å². The van der Waals surface area contributed by atoms with Gasteiger partial charge in [-0.3, -0.25) is 0 Å². The number of rotatable bonds is 0. The molecule has 1 aromatic heterocycles. The number of hydrogen-bond acceptors (Lipinski definition) is 3. The van der Waals surface area contributed by atoms with Crippen LogP contribution >= 0.6 is 0 Å². The molecule has 2 heterocycles. The van der Waals surface area contributed by atoms with Crippen LogP contribution in [-0.4, -0.2) is 72.7 Å². The fourth-order valence-corrected chi connectivity index (χ4v) is 0.997. The molecule has 0 aromatic carbocycles. The smallest absolute Gasteiger partial charge is 0.140 e. The summed E-state index contributed by atoms with van der Waals surface area (Å²) in [5.74, 6) is 1.04. The molecule has 0 aliphatic carbocycles. The van der Waals surface area contributed by atoms with Gasteiger partial charge in [0, 0.05) is 57.9 Å². The third kappa shape index (κ3) is 1.66. The van der Waals surface area contributed by atoms with Crippen molar-refractivity contribution in [3.8, 4) is 0 Å². The van der Waals surface area contributed by atoms with Gasteiger partial charge >= 0.3 is 0 Å². The minimum atomic E-state index is 0. The van der Waals surface area contributed by atoms with E-state index in [1.54, 1.807) is 6.33 Å². The molecule has 5 heteroatoms. The Balaban J connectivity index is 0.000000500. The maximum atomic E-state index is 4.05. The van der Waals surface area contributed by atoms with Crippen molar-refractivity contribution in [3.63, 3.8) is 0 Å². The molecule has 1 aliphatic rings. The molecule has 4 nitrogen and oxygen atoms in total. The largest absolute Gasteiger partial charge is 0.308 e. The van der Waals surface area contributed by atoms with Gasteiger partial charge in [-0.25, -0.2) is 9.67 Å². The Morgan fingerprint density at radius 3 is 3.30 bits per heavy atom. The summed E-state index contributed by atoms with van der Waals surface area (Å²) >= 11 is 0. The predicted octanol–water partition coefficient (Wildman–Crippen LogP) is -1.000. The van der Waals surface area contributed by atoms with E-state index < -0.39 is 0 Å². The number of fused-ring (bicyclic) bond motifs is 1. The second kappa shape index (κ2) is 3.94. The quantitative estimate of drug-likeness (QED) is 0.499. The van der Waals surface area contributed by atoms with Crippen LogP contribution in [0.25, 0.3) is 0 Å². The zero-order valence-electron chi connectivity index (χ0n) is 6.04. The first-order valence-corrected chi connectivity index (χ1v) is 3.04. The first-order valence-electron chi connectivity index (χ1n) is 3.04. The molecule has 2 rings (SSSR count). The first kappa shape index (κ1) is 8.83. The van der Waals surface area contributed by atoms with E-state index in [9.17, 15) is 0 Å². The number of aromatic nitrogens is 3. The van der Waals surface area contributed by atoms with Gasteiger partial charge < -0.3 is 5.32 Å². The summed E-state index contributed by atoms with van der Waals surface area (Å²) in [6.45, 7) is 2.83. The minimum Gasteiger partial charge on any atom is -0.308 e. The third-order valence-corrected chi connectivity index (χ3v) is 1.48. The second-order valence-corrected chi connectivity index (χ2v) is 2.08. The molecule has 0 amide bonds. The monoisotopic (exact) mass is 163 g/mol. The summed E-state index contributed by atoms with van der Waals surface area (Å²) in [5, 5.41) is 7.23. The Hall–Kier alpha value is 0.736. The van der Waals surface area contributed by atoms with Gasteiger partial charge in [0.05, 0.1) is 13.1 Å². The average molecular weight is 163 g/mol. The number of hydrogen-bond donors (Lipinski definition) is 1. The molecular formula is C5H8KN4. The van der Waals surface area contributed by atoms with Crippen LogP contribution in [0.4, 0.5) is 0 Å². The molecule has 1 N–H and O–H groups in total. The van der Waals surface area contributed by atoms with Gasteiger partial charge in [-0.15, -0.1) is 0 Å². The number of nitrogens with zero attached hydrogens (tertiary/aromatic N) is 3. The van der Waals surface area contributed by atoms with Crippen molar-refractivity contribution in [2.45, 2.75) is 13.1 Å². The Morgan fingerprint density at radius 2 is 2.50 bits per heavy atom. The van der Waals surface area contributed by atoms with Crippen molar-refractivity contribution in [2.75, 3.05) is 6.54 Å². The summed E-state index contributed by atoms with van der Waals surface area (Å²) < 4.78 is 1.93. The van der Waals surface area contributed by atoms with E-state index in [-0.39, 0.29) is 51.4 Å². The van der Waals surface area contributed by atoms with Gasteiger partial charge in [0.1, 0.15) is 12.2 Å². The Morgan fingerprint density at radius 1 is 1.60 bits per heavy atom. The first-order chi connectivity index (χ1) is 4.47. The van der Waals surface area contributed by atoms with E-state index in [0.29, 0.717) is 0 Å². The van der Waals surface area contributed by atoms with Crippen molar-refractivity contribution >= 4 is 51.4 Å². The van der Waals surface area contributed by atoms with Gasteiger partial charge in [-0.2, -0.15) is 5.10 Å². The molecule has 0 saturated heterocycles. The zero-order chi connectivity index (χ0) is 6.10. The van der Waals surface area contributed by atoms with Crippen molar-refractivity contribution in [1.82, 2.24) is 20.1 Å². The van der Waals surface area contributed by atoms with Crippen LogP contribution in [0.5, 0.6) is 0 Å². The van der Waals surface area contributed by atoms with E-state index in [0.717, 1.165) is 25.5 Å². The van der Waals surface area contributed by atoms with Gasteiger partial charge in [0.25, 0.3) is 0 Å². The Bertz CT molecular complexity index is 189. The van der Waals surface area contributed by atoms with Gasteiger partial charge in [0.2, 0.25) is 0 Å². The maximum absolute atomic E-state index is 4.05. The average Bonchev–Trinajstić information content (AvgIpc) is 2.33. The zero-order valence-corrected chi connectivity index (χ0v) is 9.16.